The van der Waals surface area contributed by atoms with E-state index in [0.717, 1.165) is 72.6 Å². The third-order valence-corrected chi connectivity index (χ3v) is 9.18. The van der Waals surface area contributed by atoms with E-state index < -0.39 is 11.9 Å². The maximum atomic E-state index is 13.5. The summed E-state index contributed by atoms with van der Waals surface area (Å²) >= 11 is 0. The maximum Gasteiger partial charge on any atom is 0.259 e. The average Bonchev–Trinajstić information content (AvgIpc) is 3.35. The van der Waals surface area contributed by atoms with Crippen LogP contribution in [-0.2, 0) is 22.6 Å². The second kappa shape index (κ2) is 11.7. The number of hydrogen-bond donors (Lipinski definition) is 1. The molecule has 0 aromatic heterocycles. The minimum Gasteiger partial charge on any atom is -0.495 e. The summed E-state index contributed by atoms with van der Waals surface area (Å²) < 4.78 is 5.55. The zero-order valence-electron chi connectivity index (χ0n) is 25.1. The maximum absolute atomic E-state index is 13.5. The Bertz CT molecular complexity index is 1870. The van der Waals surface area contributed by atoms with Crippen LogP contribution in [0.25, 0.3) is 10.8 Å². The number of carbonyl (C=O) groups is 3. The molecule has 2 saturated heterocycles. The van der Waals surface area contributed by atoms with Crippen molar-refractivity contribution in [3.05, 3.63) is 101 Å². The molecule has 0 saturated carbocycles. The second-order valence-electron chi connectivity index (χ2n) is 11.9. The molecule has 1 N–H and O–H groups in total. The first-order chi connectivity index (χ1) is 21.9. The van der Waals surface area contributed by atoms with Gasteiger partial charge in [-0.15, -0.1) is 0 Å². The van der Waals surface area contributed by atoms with Crippen LogP contribution < -0.4 is 19.9 Å². The van der Waals surface area contributed by atoms with E-state index in [2.05, 4.69) is 51.5 Å². The molecule has 0 bridgehead atoms. The van der Waals surface area contributed by atoms with Gasteiger partial charge < -0.3 is 9.64 Å². The summed E-state index contributed by atoms with van der Waals surface area (Å²) in [5, 5.41) is 13.5. The van der Waals surface area contributed by atoms with E-state index in [1.807, 2.05) is 36.4 Å². The molecule has 9 heteroatoms. The van der Waals surface area contributed by atoms with Gasteiger partial charge in [-0.05, 0) is 59.2 Å². The van der Waals surface area contributed by atoms with Crippen LogP contribution >= 0.6 is 0 Å². The fraction of sp³-hybridized carbons (Fsp3) is 0.278. The van der Waals surface area contributed by atoms with Gasteiger partial charge in [-0.25, -0.2) is 0 Å². The fourth-order valence-corrected chi connectivity index (χ4v) is 6.85. The lowest BCUT2D eigenvalue weighted by Gasteiger charge is -2.36. The molecule has 1 atom stereocenters. The van der Waals surface area contributed by atoms with Crippen LogP contribution in [-0.4, -0.2) is 62.0 Å². The molecule has 1 unspecified atom stereocenters. The van der Waals surface area contributed by atoms with E-state index in [-0.39, 0.29) is 18.2 Å². The number of piperazine rings is 1. The third-order valence-electron chi connectivity index (χ3n) is 9.18. The first-order valence-electron chi connectivity index (χ1n) is 15.3. The van der Waals surface area contributed by atoms with Crippen molar-refractivity contribution in [1.29, 1.82) is 5.26 Å². The van der Waals surface area contributed by atoms with E-state index in [4.69, 9.17) is 4.74 Å². The predicted molar refractivity (Wildman–Crippen MR) is 171 cm³/mol. The van der Waals surface area contributed by atoms with Gasteiger partial charge in [0.25, 0.3) is 5.91 Å². The lowest BCUT2D eigenvalue weighted by atomic mass is 9.95. The van der Waals surface area contributed by atoms with Gasteiger partial charge in [0.2, 0.25) is 11.8 Å². The number of piperidine rings is 1. The number of ether oxygens (including phenoxy) is 1. The van der Waals surface area contributed by atoms with Gasteiger partial charge in [-0.2, -0.15) is 5.26 Å². The van der Waals surface area contributed by atoms with E-state index in [1.165, 1.54) is 11.1 Å². The van der Waals surface area contributed by atoms with Crippen molar-refractivity contribution < 1.29 is 19.1 Å². The number of carbonyl (C=O) groups excluding carboxylic acids is 3. The molecule has 4 aromatic rings. The molecule has 7 rings (SSSR count). The molecule has 0 radical (unpaired) electrons. The molecular weight excluding hydrogens is 566 g/mol. The van der Waals surface area contributed by atoms with Gasteiger partial charge in [0.05, 0.1) is 30.1 Å². The van der Waals surface area contributed by atoms with Gasteiger partial charge in [0.1, 0.15) is 11.8 Å². The molecule has 9 nitrogen and oxygen atoms in total. The minimum atomic E-state index is -0.689. The van der Waals surface area contributed by atoms with Crippen molar-refractivity contribution in [2.75, 3.05) is 43.1 Å². The number of imide groups is 1. The molecule has 2 fully saturated rings. The fourth-order valence-electron chi connectivity index (χ4n) is 6.85. The Kier molecular flexibility index (Phi) is 7.43. The Morgan fingerprint density at radius 2 is 1.67 bits per heavy atom. The summed E-state index contributed by atoms with van der Waals surface area (Å²) in [6.07, 6.45) is 1.26. The van der Waals surface area contributed by atoms with Gasteiger partial charge >= 0.3 is 0 Å². The monoisotopic (exact) mass is 599 g/mol. The lowest BCUT2D eigenvalue weighted by Crippen LogP contribution is -2.53. The van der Waals surface area contributed by atoms with Gasteiger partial charge in [0, 0.05) is 56.2 Å². The molecule has 3 aliphatic heterocycles. The average molecular weight is 600 g/mol. The number of hydrogen-bond acceptors (Lipinski definition) is 7. The topological polar surface area (TPSA) is 106 Å². The van der Waals surface area contributed by atoms with Crippen LogP contribution in [0.2, 0.25) is 0 Å². The van der Waals surface area contributed by atoms with E-state index in [9.17, 15) is 19.6 Å². The third kappa shape index (κ3) is 5.28. The number of amides is 3. The normalized spacial score (nSPS) is 18.3. The van der Waals surface area contributed by atoms with Crippen molar-refractivity contribution in [3.63, 3.8) is 0 Å². The summed E-state index contributed by atoms with van der Waals surface area (Å²) in [6, 6.07) is 25.6. The standard InChI is InChI=1S/C36H33N5O4/c1-45-32-20-25(21-37)9-11-29(32)40-17-15-39(16-18-40)22-24-7-5-23(6-8-24)19-26-10-12-30-34-27(26)3-2-4-28(34)36(44)41(30)31-13-14-33(42)38-35(31)43/h2-12,20,31H,13-19,22H2,1H3,(H,38,42,43). The van der Waals surface area contributed by atoms with E-state index >= 15 is 0 Å². The summed E-state index contributed by atoms with van der Waals surface area (Å²) in [6.45, 7) is 4.50. The number of nitriles is 1. The molecule has 3 heterocycles. The Labute approximate surface area is 261 Å². The number of methoxy groups -OCH3 is 1. The minimum absolute atomic E-state index is 0.191. The highest BCUT2D eigenvalue weighted by molar-refractivity contribution is 6.27. The number of anilines is 2. The van der Waals surface area contributed by atoms with Gasteiger partial charge in [-0.3, -0.25) is 29.5 Å². The SMILES string of the molecule is COc1cc(C#N)ccc1N1CCN(Cc2ccc(Cc3ccc4c5c(cccc35)C(=O)N4C3CCC(=O)NC3=O)cc2)CC1. The summed E-state index contributed by atoms with van der Waals surface area (Å²) in [5.74, 6) is -0.173. The van der Waals surface area contributed by atoms with Crippen LogP contribution in [0.5, 0.6) is 5.75 Å². The summed E-state index contributed by atoms with van der Waals surface area (Å²) in [4.78, 5) is 44.1. The highest BCUT2D eigenvalue weighted by Gasteiger charge is 2.40. The molecule has 4 aromatic carbocycles. The Morgan fingerprint density at radius 3 is 2.40 bits per heavy atom. The van der Waals surface area contributed by atoms with Crippen molar-refractivity contribution in [2.24, 2.45) is 0 Å². The zero-order valence-corrected chi connectivity index (χ0v) is 25.1. The number of rotatable bonds is 7. The van der Waals surface area contributed by atoms with Crippen LogP contribution in [0.1, 0.15) is 45.5 Å². The highest BCUT2D eigenvalue weighted by Crippen LogP contribution is 2.41. The van der Waals surface area contributed by atoms with Crippen LogP contribution in [0.15, 0.2) is 72.8 Å². The van der Waals surface area contributed by atoms with Crippen molar-refractivity contribution in [1.82, 2.24) is 10.2 Å². The molecular formula is C36H33N5O4. The van der Waals surface area contributed by atoms with E-state index in [0.29, 0.717) is 17.5 Å². The molecule has 3 amide bonds. The Balaban J connectivity index is 1.02. The van der Waals surface area contributed by atoms with Crippen LogP contribution in [0.3, 0.4) is 0 Å². The molecule has 226 valence electrons. The quantitative estimate of drug-likeness (QED) is 0.314. The lowest BCUT2D eigenvalue weighted by molar-refractivity contribution is -0.134. The molecule has 45 heavy (non-hydrogen) atoms. The smallest absolute Gasteiger partial charge is 0.259 e. The highest BCUT2D eigenvalue weighted by atomic mass is 16.5. The molecule has 3 aliphatic rings. The molecule has 0 spiro atoms. The summed E-state index contributed by atoms with van der Waals surface area (Å²) in [5.41, 5.74) is 6.52. The van der Waals surface area contributed by atoms with Gasteiger partial charge in [0.15, 0.2) is 0 Å². The second-order valence-corrected chi connectivity index (χ2v) is 11.9. The first kappa shape index (κ1) is 28.6. The Hall–Kier alpha value is -5.20. The summed E-state index contributed by atoms with van der Waals surface area (Å²) in [7, 11) is 1.64. The van der Waals surface area contributed by atoms with Crippen molar-refractivity contribution >= 4 is 39.9 Å². The first-order valence-corrected chi connectivity index (χ1v) is 15.3. The van der Waals surface area contributed by atoms with Gasteiger partial charge in [-0.1, -0.05) is 42.5 Å². The van der Waals surface area contributed by atoms with Crippen LogP contribution in [0, 0.1) is 11.3 Å². The zero-order chi connectivity index (χ0) is 31.1. The largest absolute Gasteiger partial charge is 0.495 e. The Morgan fingerprint density at radius 1 is 0.911 bits per heavy atom. The van der Waals surface area contributed by atoms with E-state index in [1.54, 1.807) is 18.1 Å². The number of nitrogens with zero attached hydrogens (tertiary/aromatic N) is 4. The van der Waals surface area contributed by atoms with Crippen molar-refractivity contribution in [3.8, 4) is 11.8 Å². The number of benzene rings is 4. The predicted octanol–water partition coefficient (Wildman–Crippen LogP) is 4.40. The number of nitrogens with one attached hydrogen (secondary N) is 1. The molecule has 0 aliphatic carbocycles. The van der Waals surface area contributed by atoms with Crippen LogP contribution in [0.4, 0.5) is 11.4 Å². The van der Waals surface area contributed by atoms with Crippen molar-refractivity contribution in [2.45, 2.75) is 31.8 Å².